The molecular weight excluding hydrogens is 471 g/mol. The predicted octanol–water partition coefficient (Wildman–Crippen LogP) is -0.328. The first-order chi connectivity index (χ1) is 10.6. The lowest BCUT2D eigenvalue weighted by atomic mass is 10.3. The number of ether oxygens (including phenoxy) is 1. The van der Waals surface area contributed by atoms with Crippen LogP contribution in [0.2, 0.25) is 0 Å². The third-order valence-corrected chi connectivity index (χ3v) is 4.08. The maximum atomic E-state index is 10.2. The topological polar surface area (TPSA) is 38.3 Å². The third kappa shape index (κ3) is 4.45. The molecule has 0 amide bonds. The minimum Gasteiger partial charge on any atom is -1.00 e. The molecule has 0 aliphatic heterocycles. The fourth-order valence-electron chi connectivity index (χ4n) is 2.49. The van der Waals surface area contributed by atoms with Gasteiger partial charge in [0.05, 0.1) is 7.05 Å². The third-order valence-electron chi connectivity index (χ3n) is 3.55. The Labute approximate surface area is 160 Å². The van der Waals surface area contributed by atoms with E-state index in [2.05, 4.69) is 32.6 Å². The number of halogens is 2. The number of fused-ring (bicyclic) bond motifs is 1. The van der Waals surface area contributed by atoms with Crippen molar-refractivity contribution in [2.24, 2.45) is 7.05 Å². The molecule has 6 heteroatoms. The summed E-state index contributed by atoms with van der Waals surface area (Å²) in [5.74, 6) is 0.755. The Kier molecular flexibility index (Phi) is 6.43. The molecule has 1 aromatic heterocycles. The summed E-state index contributed by atoms with van der Waals surface area (Å²) in [6, 6.07) is 15.7. The van der Waals surface area contributed by atoms with Crippen molar-refractivity contribution >= 4 is 27.0 Å². The molecule has 0 fully saturated rings. The minimum atomic E-state index is -0.570. The maximum Gasteiger partial charge on any atom is 0.244 e. The number of aryl methyl sites for hydroxylation is 1. The van der Waals surface area contributed by atoms with Gasteiger partial charge in [0.1, 0.15) is 25.0 Å². The molecule has 23 heavy (non-hydrogen) atoms. The molecule has 0 saturated carbocycles. The van der Waals surface area contributed by atoms with E-state index < -0.39 is 6.10 Å². The summed E-state index contributed by atoms with van der Waals surface area (Å²) in [5, 5.41) is 10.2. The Morgan fingerprint density at radius 3 is 2.61 bits per heavy atom. The van der Waals surface area contributed by atoms with Crippen molar-refractivity contribution in [1.29, 1.82) is 0 Å². The van der Waals surface area contributed by atoms with Gasteiger partial charge in [0.25, 0.3) is 0 Å². The van der Waals surface area contributed by atoms with Crippen LogP contribution in [0.25, 0.3) is 11.0 Å². The molecule has 0 aliphatic carbocycles. The average Bonchev–Trinajstić information content (AvgIpc) is 2.83. The van der Waals surface area contributed by atoms with E-state index in [4.69, 9.17) is 4.74 Å². The van der Waals surface area contributed by atoms with E-state index in [9.17, 15) is 5.11 Å². The second kappa shape index (κ2) is 8.12. The zero-order valence-corrected chi connectivity index (χ0v) is 16.4. The van der Waals surface area contributed by atoms with Gasteiger partial charge >= 0.3 is 0 Å². The van der Waals surface area contributed by atoms with E-state index in [0.717, 1.165) is 21.3 Å². The van der Waals surface area contributed by atoms with Crippen LogP contribution in [-0.4, -0.2) is 22.4 Å². The number of hydrogen-bond donors (Lipinski definition) is 1. The summed E-state index contributed by atoms with van der Waals surface area (Å²) in [6.45, 7) is 0.760. The fraction of sp³-hybridized carbons (Fsp3) is 0.235. The molecule has 1 unspecified atom stereocenters. The quantitative estimate of drug-likeness (QED) is 0.394. The molecular formula is C17H18BrIN2O2. The molecule has 122 valence electrons. The number of imidazole rings is 1. The second-order valence-corrected chi connectivity index (χ2v) is 6.20. The standard InChI is InChI=1S/C17H18BrN2O2.HI/c1-19-12-20(17-5-3-2-4-16(17)19)10-14(21)11-22-15-8-6-13(18)7-9-15;/h2-9,12,14,21H,10-11H2,1H3;1H/q+1;/p-1. The summed E-state index contributed by atoms with van der Waals surface area (Å²) >= 11 is 3.38. The minimum absolute atomic E-state index is 0. The number of para-hydroxylation sites is 2. The van der Waals surface area contributed by atoms with Gasteiger partial charge in [-0.3, -0.25) is 0 Å². The number of aliphatic hydroxyl groups is 1. The van der Waals surface area contributed by atoms with Crippen LogP contribution >= 0.6 is 15.9 Å². The molecule has 1 N–H and O–H groups in total. The normalized spacial score (nSPS) is 12.0. The van der Waals surface area contributed by atoms with Gasteiger partial charge in [-0.05, 0) is 36.4 Å². The van der Waals surface area contributed by atoms with Crippen LogP contribution < -0.4 is 33.3 Å². The maximum absolute atomic E-state index is 10.2. The van der Waals surface area contributed by atoms with Crippen LogP contribution in [0, 0.1) is 0 Å². The molecule has 0 radical (unpaired) electrons. The number of nitrogens with zero attached hydrogens (tertiary/aromatic N) is 2. The van der Waals surface area contributed by atoms with Gasteiger partial charge in [-0.2, -0.15) is 0 Å². The Morgan fingerprint density at radius 1 is 1.17 bits per heavy atom. The highest BCUT2D eigenvalue weighted by Gasteiger charge is 2.16. The highest BCUT2D eigenvalue weighted by atomic mass is 127. The zero-order chi connectivity index (χ0) is 15.5. The lowest BCUT2D eigenvalue weighted by Crippen LogP contribution is -3.00. The van der Waals surface area contributed by atoms with Gasteiger partial charge in [-0.15, -0.1) is 0 Å². The number of hydrogen-bond acceptors (Lipinski definition) is 2. The first-order valence-electron chi connectivity index (χ1n) is 7.13. The molecule has 1 heterocycles. The van der Waals surface area contributed by atoms with Crippen LogP contribution in [0.1, 0.15) is 0 Å². The Morgan fingerprint density at radius 2 is 1.87 bits per heavy atom. The van der Waals surface area contributed by atoms with Crippen molar-refractivity contribution in [2.45, 2.75) is 12.6 Å². The average molecular weight is 489 g/mol. The Bertz CT molecular complexity index is 774. The monoisotopic (exact) mass is 488 g/mol. The highest BCUT2D eigenvalue weighted by Crippen LogP contribution is 2.16. The fourth-order valence-corrected chi connectivity index (χ4v) is 2.75. The molecule has 0 spiro atoms. The molecule has 1 atom stereocenters. The smallest absolute Gasteiger partial charge is 0.244 e. The Hall–Kier alpha value is -1.12. The van der Waals surface area contributed by atoms with E-state index in [1.807, 2.05) is 54.3 Å². The van der Waals surface area contributed by atoms with Gasteiger partial charge in [0, 0.05) is 4.47 Å². The molecule has 4 nitrogen and oxygen atoms in total. The predicted molar refractivity (Wildman–Crippen MR) is 88.8 cm³/mol. The summed E-state index contributed by atoms with van der Waals surface area (Å²) in [6.07, 6.45) is 1.42. The zero-order valence-electron chi connectivity index (χ0n) is 12.7. The van der Waals surface area contributed by atoms with Crippen LogP contribution in [-0.2, 0) is 13.6 Å². The van der Waals surface area contributed by atoms with E-state index >= 15 is 0 Å². The summed E-state index contributed by atoms with van der Waals surface area (Å²) in [5.41, 5.74) is 2.25. The highest BCUT2D eigenvalue weighted by molar-refractivity contribution is 9.10. The Balaban J connectivity index is 0.00000192. The van der Waals surface area contributed by atoms with E-state index in [0.29, 0.717) is 6.54 Å². The van der Waals surface area contributed by atoms with Crippen molar-refractivity contribution in [3.63, 3.8) is 0 Å². The lowest BCUT2D eigenvalue weighted by Gasteiger charge is -2.11. The van der Waals surface area contributed by atoms with Crippen LogP contribution in [0.15, 0.2) is 59.3 Å². The number of aromatic nitrogens is 2. The SMILES string of the molecule is C[n+]1cn(CC(O)COc2ccc(Br)cc2)c2ccccc21.[I-]. The summed E-state index contributed by atoms with van der Waals surface area (Å²) in [7, 11) is 2.00. The number of rotatable bonds is 5. The molecule has 0 saturated heterocycles. The molecule has 3 rings (SSSR count). The number of benzene rings is 2. The largest absolute Gasteiger partial charge is 1.00 e. The van der Waals surface area contributed by atoms with Crippen molar-refractivity contribution in [3.05, 3.63) is 59.3 Å². The van der Waals surface area contributed by atoms with Crippen molar-refractivity contribution < 1.29 is 38.4 Å². The van der Waals surface area contributed by atoms with E-state index in [1.165, 1.54) is 0 Å². The molecule has 0 bridgehead atoms. The van der Waals surface area contributed by atoms with E-state index in [-0.39, 0.29) is 30.6 Å². The van der Waals surface area contributed by atoms with Gasteiger partial charge in [-0.25, -0.2) is 9.13 Å². The van der Waals surface area contributed by atoms with Crippen LogP contribution in [0.4, 0.5) is 0 Å². The van der Waals surface area contributed by atoms with Gasteiger partial charge in [0.15, 0.2) is 11.0 Å². The van der Waals surface area contributed by atoms with Gasteiger partial charge in [0.2, 0.25) is 6.33 Å². The molecule has 0 aliphatic rings. The van der Waals surface area contributed by atoms with Gasteiger partial charge in [-0.1, -0.05) is 28.1 Å². The van der Waals surface area contributed by atoms with Crippen LogP contribution in [0.5, 0.6) is 5.75 Å². The molecule has 3 aromatic rings. The summed E-state index contributed by atoms with van der Waals surface area (Å²) in [4.78, 5) is 0. The van der Waals surface area contributed by atoms with Gasteiger partial charge < -0.3 is 33.8 Å². The first kappa shape index (κ1) is 18.2. The second-order valence-electron chi connectivity index (χ2n) is 5.29. The first-order valence-corrected chi connectivity index (χ1v) is 7.93. The van der Waals surface area contributed by atoms with Crippen molar-refractivity contribution in [2.75, 3.05) is 6.61 Å². The van der Waals surface area contributed by atoms with Crippen LogP contribution in [0.3, 0.4) is 0 Å². The van der Waals surface area contributed by atoms with Crippen molar-refractivity contribution in [3.8, 4) is 5.75 Å². The summed E-state index contributed by atoms with van der Waals surface area (Å²) < 4.78 is 10.7. The van der Waals surface area contributed by atoms with E-state index in [1.54, 1.807) is 0 Å². The lowest BCUT2D eigenvalue weighted by molar-refractivity contribution is -0.645. The number of aliphatic hydroxyl groups excluding tert-OH is 1. The molecule has 2 aromatic carbocycles. The van der Waals surface area contributed by atoms with Crippen molar-refractivity contribution in [1.82, 2.24) is 4.57 Å².